The van der Waals surface area contributed by atoms with Gasteiger partial charge in [-0.15, -0.1) is 0 Å². The first-order chi connectivity index (χ1) is 10.9. The highest BCUT2D eigenvalue weighted by atomic mass is 32.2. The van der Waals surface area contributed by atoms with Gasteiger partial charge in [0.2, 0.25) is 0 Å². The number of hydrogen-bond acceptors (Lipinski definition) is 5. The molecule has 0 amide bonds. The standard InChI is InChI=1S/C16H14N2O4S/c17-10-14(8-13-6-7-15(19)16(20)9-13)23(21,22)18-11-12-4-2-1-3-5-12/h1-9,18-20H,11H2/b14-8+. The second kappa shape index (κ2) is 6.96. The lowest BCUT2D eigenvalue weighted by molar-refractivity contribution is 0.403. The monoisotopic (exact) mass is 330 g/mol. The molecular formula is C16H14N2O4S. The average Bonchev–Trinajstić information content (AvgIpc) is 2.55. The van der Waals surface area contributed by atoms with Crippen LogP contribution in [0, 0.1) is 11.3 Å². The molecule has 0 saturated heterocycles. The lowest BCUT2D eigenvalue weighted by atomic mass is 10.2. The lowest BCUT2D eigenvalue weighted by Gasteiger charge is -2.06. The van der Waals surface area contributed by atoms with E-state index < -0.39 is 20.7 Å². The Bertz CT molecular complexity index is 869. The van der Waals surface area contributed by atoms with Crippen LogP contribution in [0.4, 0.5) is 0 Å². The minimum Gasteiger partial charge on any atom is -0.504 e. The molecule has 0 atom stereocenters. The first kappa shape index (κ1) is 16.5. The highest BCUT2D eigenvalue weighted by Gasteiger charge is 2.17. The SMILES string of the molecule is N#C/C(=C\c1ccc(O)c(O)c1)S(=O)(=O)NCc1ccccc1. The molecule has 2 aromatic carbocycles. The molecule has 0 aromatic heterocycles. The Kier molecular flexibility index (Phi) is 5.01. The Morgan fingerprint density at radius 3 is 2.43 bits per heavy atom. The Morgan fingerprint density at radius 1 is 1.13 bits per heavy atom. The van der Waals surface area contributed by atoms with Crippen LogP contribution in [-0.2, 0) is 16.6 Å². The van der Waals surface area contributed by atoms with Gasteiger partial charge in [0, 0.05) is 6.54 Å². The van der Waals surface area contributed by atoms with Gasteiger partial charge < -0.3 is 10.2 Å². The second-order valence-electron chi connectivity index (χ2n) is 4.68. The maximum Gasteiger partial charge on any atom is 0.251 e. The van der Waals surface area contributed by atoms with Crippen molar-refractivity contribution < 1.29 is 18.6 Å². The molecule has 0 spiro atoms. The van der Waals surface area contributed by atoms with Crippen molar-refractivity contribution in [1.29, 1.82) is 5.26 Å². The van der Waals surface area contributed by atoms with Crippen molar-refractivity contribution in [1.82, 2.24) is 4.72 Å². The fourth-order valence-corrected chi connectivity index (χ4v) is 2.73. The van der Waals surface area contributed by atoms with Crippen LogP contribution < -0.4 is 4.72 Å². The fraction of sp³-hybridized carbons (Fsp3) is 0.0625. The average molecular weight is 330 g/mol. The molecule has 3 N–H and O–H groups in total. The minimum absolute atomic E-state index is 0.0586. The van der Waals surface area contributed by atoms with Crippen molar-refractivity contribution in [2.75, 3.05) is 0 Å². The summed E-state index contributed by atoms with van der Waals surface area (Å²) < 4.78 is 26.7. The highest BCUT2D eigenvalue weighted by Crippen LogP contribution is 2.26. The lowest BCUT2D eigenvalue weighted by Crippen LogP contribution is -2.24. The van der Waals surface area contributed by atoms with Crippen LogP contribution in [0.15, 0.2) is 53.4 Å². The van der Waals surface area contributed by atoms with Crippen LogP contribution in [-0.4, -0.2) is 18.6 Å². The van der Waals surface area contributed by atoms with Crippen molar-refractivity contribution in [3.05, 3.63) is 64.6 Å². The van der Waals surface area contributed by atoms with E-state index in [1.54, 1.807) is 30.3 Å². The molecule has 0 unspecified atom stereocenters. The number of aromatic hydroxyl groups is 2. The number of phenols is 2. The largest absolute Gasteiger partial charge is 0.504 e. The van der Waals surface area contributed by atoms with Gasteiger partial charge in [-0.3, -0.25) is 0 Å². The molecule has 0 radical (unpaired) electrons. The maximum atomic E-state index is 12.2. The summed E-state index contributed by atoms with van der Waals surface area (Å²) in [7, 11) is -3.99. The number of nitrogens with one attached hydrogen (secondary N) is 1. The first-order valence-corrected chi connectivity index (χ1v) is 8.08. The van der Waals surface area contributed by atoms with E-state index in [0.29, 0.717) is 0 Å². The fourth-order valence-electron chi connectivity index (χ4n) is 1.80. The van der Waals surface area contributed by atoms with E-state index >= 15 is 0 Å². The molecule has 23 heavy (non-hydrogen) atoms. The van der Waals surface area contributed by atoms with Gasteiger partial charge in [0.15, 0.2) is 16.4 Å². The summed E-state index contributed by atoms with van der Waals surface area (Å²) in [5.74, 6) is -0.726. The quantitative estimate of drug-likeness (QED) is 0.574. The Labute approximate surface area is 134 Å². The van der Waals surface area contributed by atoms with Crippen molar-refractivity contribution in [2.45, 2.75) is 6.54 Å². The summed E-state index contributed by atoms with van der Waals surface area (Å²) in [6.45, 7) is 0.0586. The summed E-state index contributed by atoms with van der Waals surface area (Å²) in [5.41, 5.74) is 1.04. The predicted octanol–water partition coefficient (Wildman–Crippen LogP) is 2.08. The molecule has 118 valence electrons. The molecule has 0 aliphatic rings. The van der Waals surface area contributed by atoms with Gasteiger partial charge in [-0.25, -0.2) is 13.1 Å². The summed E-state index contributed by atoms with van der Waals surface area (Å²) in [5, 5.41) is 27.7. The number of phenolic OH excluding ortho intramolecular Hbond substituents is 2. The van der Waals surface area contributed by atoms with Gasteiger partial charge in [-0.2, -0.15) is 5.26 Å². The number of hydrogen-bond donors (Lipinski definition) is 3. The van der Waals surface area contributed by atoms with Crippen LogP contribution in [0.3, 0.4) is 0 Å². The van der Waals surface area contributed by atoms with Crippen molar-refractivity contribution in [2.24, 2.45) is 0 Å². The number of sulfonamides is 1. The van der Waals surface area contributed by atoms with Gasteiger partial charge in [0.1, 0.15) is 6.07 Å². The zero-order chi connectivity index (χ0) is 16.9. The summed E-state index contributed by atoms with van der Waals surface area (Å²) in [6, 6.07) is 14.3. The third-order valence-corrected chi connectivity index (χ3v) is 4.32. The molecule has 0 aliphatic carbocycles. The van der Waals surface area contributed by atoms with E-state index in [-0.39, 0.29) is 17.9 Å². The molecule has 0 bridgehead atoms. The number of nitriles is 1. The molecule has 0 saturated carbocycles. The van der Waals surface area contributed by atoms with Crippen LogP contribution in [0.25, 0.3) is 6.08 Å². The molecule has 2 rings (SSSR count). The minimum atomic E-state index is -3.99. The molecule has 2 aromatic rings. The van der Waals surface area contributed by atoms with Crippen molar-refractivity contribution in [3.63, 3.8) is 0 Å². The topological polar surface area (TPSA) is 110 Å². The zero-order valence-corrected chi connectivity index (χ0v) is 12.8. The van der Waals surface area contributed by atoms with E-state index in [2.05, 4.69) is 4.72 Å². The maximum absolute atomic E-state index is 12.2. The second-order valence-corrected chi connectivity index (χ2v) is 6.41. The van der Waals surface area contributed by atoms with Crippen LogP contribution in [0.2, 0.25) is 0 Å². The Balaban J connectivity index is 2.23. The third kappa shape index (κ3) is 4.32. The van der Waals surface area contributed by atoms with Gasteiger partial charge in [0.25, 0.3) is 10.0 Å². The molecule has 7 heteroatoms. The van der Waals surface area contributed by atoms with Gasteiger partial charge in [-0.05, 0) is 29.3 Å². The summed E-state index contributed by atoms with van der Waals surface area (Å²) in [4.78, 5) is -0.487. The number of nitrogens with zero attached hydrogens (tertiary/aromatic N) is 1. The number of benzene rings is 2. The summed E-state index contributed by atoms with van der Waals surface area (Å²) >= 11 is 0. The van der Waals surface area contributed by atoms with E-state index in [1.165, 1.54) is 18.2 Å². The van der Waals surface area contributed by atoms with Crippen molar-refractivity contribution >= 4 is 16.1 Å². The third-order valence-electron chi connectivity index (χ3n) is 3.01. The molecular weight excluding hydrogens is 316 g/mol. The zero-order valence-electron chi connectivity index (χ0n) is 12.0. The molecule has 0 heterocycles. The smallest absolute Gasteiger partial charge is 0.251 e. The number of allylic oxidation sites excluding steroid dienone is 1. The molecule has 6 nitrogen and oxygen atoms in total. The van der Waals surface area contributed by atoms with Gasteiger partial charge in [-0.1, -0.05) is 36.4 Å². The first-order valence-electron chi connectivity index (χ1n) is 6.60. The molecule has 0 aliphatic heterocycles. The van der Waals surface area contributed by atoms with Gasteiger partial charge in [0.05, 0.1) is 0 Å². The van der Waals surface area contributed by atoms with Crippen LogP contribution in [0.1, 0.15) is 11.1 Å². The van der Waals surface area contributed by atoms with E-state index in [9.17, 15) is 18.6 Å². The van der Waals surface area contributed by atoms with Gasteiger partial charge >= 0.3 is 0 Å². The Morgan fingerprint density at radius 2 is 1.83 bits per heavy atom. The van der Waals surface area contributed by atoms with E-state index in [4.69, 9.17) is 5.26 Å². The summed E-state index contributed by atoms with van der Waals surface area (Å²) in [6.07, 6.45) is 1.12. The van der Waals surface area contributed by atoms with Crippen molar-refractivity contribution in [3.8, 4) is 17.6 Å². The normalized spacial score (nSPS) is 11.9. The van der Waals surface area contributed by atoms with Crippen LogP contribution >= 0.6 is 0 Å². The van der Waals surface area contributed by atoms with Crippen LogP contribution in [0.5, 0.6) is 11.5 Å². The van der Waals surface area contributed by atoms with E-state index in [0.717, 1.165) is 11.6 Å². The van der Waals surface area contributed by atoms with E-state index in [1.807, 2.05) is 6.07 Å². The Hall–Kier alpha value is -2.82. The number of rotatable bonds is 5. The molecule has 0 fully saturated rings. The highest BCUT2D eigenvalue weighted by molar-refractivity contribution is 7.93. The predicted molar refractivity (Wildman–Crippen MR) is 85.6 cm³/mol.